The molecular weight excluding hydrogens is 439 g/mol. The number of hydrogen-bond acceptors (Lipinski definition) is 5. The second kappa shape index (κ2) is 6.98. The van der Waals surface area contributed by atoms with E-state index in [0.29, 0.717) is 15.8 Å². The van der Waals surface area contributed by atoms with Gasteiger partial charge >= 0.3 is 0 Å². The Kier molecular flexibility index (Phi) is 4.83. The zero-order chi connectivity index (χ0) is 18.3. The first-order valence-corrected chi connectivity index (χ1v) is 11.7. The summed E-state index contributed by atoms with van der Waals surface area (Å²) in [6.45, 7) is 0. The molecule has 4 rings (SSSR count). The summed E-state index contributed by atoms with van der Waals surface area (Å²) in [7, 11) is -3.07. The Morgan fingerprint density at radius 1 is 1.19 bits per heavy atom. The fourth-order valence-corrected chi connectivity index (χ4v) is 6.59. The summed E-state index contributed by atoms with van der Waals surface area (Å²) in [5.41, 5.74) is 1.51. The van der Waals surface area contributed by atoms with Crippen molar-refractivity contribution in [1.29, 1.82) is 0 Å². The van der Waals surface area contributed by atoms with Crippen LogP contribution in [0.15, 0.2) is 58.0 Å². The van der Waals surface area contributed by atoms with Gasteiger partial charge in [-0.15, -0.1) is 0 Å². The smallest absolute Gasteiger partial charge is 0.164 e. The van der Waals surface area contributed by atoms with E-state index in [2.05, 4.69) is 20.9 Å². The molecule has 0 bridgehead atoms. The number of amidine groups is 1. The van der Waals surface area contributed by atoms with Gasteiger partial charge in [-0.2, -0.15) is 0 Å². The van der Waals surface area contributed by atoms with E-state index >= 15 is 0 Å². The molecule has 136 valence electrons. The van der Waals surface area contributed by atoms with Crippen LogP contribution in [0, 0.1) is 5.82 Å². The fourth-order valence-electron chi connectivity index (χ4n) is 3.30. The highest BCUT2D eigenvalue weighted by Gasteiger charge is 2.47. The molecule has 8 heteroatoms. The number of fused-ring (bicyclic) bond motifs is 1. The molecule has 0 spiro atoms. The highest BCUT2D eigenvalue weighted by atomic mass is 79.9. The zero-order valence-electron chi connectivity index (χ0n) is 13.7. The van der Waals surface area contributed by atoms with Gasteiger partial charge in [-0.3, -0.25) is 4.99 Å². The zero-order valence-corrected chi connectivity index (χ0v) is 16.9. The first-order chi connectivity index (χ1) is 12.4. The van der Waals surface area contributed by atoms with E-state index in [-0.39, 0.29) is 29.4 Å². The molecule has 2 aromatic carbocycles. The van der Waals surface area contributed by atoms with Crippen LogP contribution in [0.5, 0.6) is 0 Å². The van der Waals surface area contributed by atoms with E-state index in [9.17, 15) is 12.8 Å². The van der Waals surface area contributed by atoms with Crippen molar-refractivity contribution >= 4 is 48.4 Å². The topological polar surface area (TPSA) is 49.7 Å². The quantitative estimate of drug-likeness (QED) is 0.706. The average Bonchev–Trinajstić information content (AvgIpc) is 3.06. The minimum atomic E-state index is -3.07. The van der Waals surface area contributed by atoms with Crippen LogP contribution in [-0.2, 0) is 15.6 Å². The molecule has 2 aliphatic heterocycles. The molecule has 1 fully saturated rings. The molecule has 0 saturated carbocycles. The Morgan fingerprint density at radius 3 is 2.69 bits per heavy atom. The number of nitrogens with zero attached hydrogens (tertiary/aromatic N) is 2. The molecule has 2 atom stereocenters. The van der Waals surface area contributed by atoms with Crippen LogP contribution in [0.2, 0.25) is 0 Å². The molecule has 0 aliphatic carbocycles. The fraction of sp³-hybridized carbons (Fsp3) is 0.278. The van der Waals surface area contributed by atoms with E-state index in [1.54, 1.807) is 6.07 Å². The molecule has 0 amide bonds. The molecule has 26 heavy (non-hydrogen) atoms. The largest absolute Gasteiger partial charge is 0.315 e. The summed E-state index contributed by atoms with van der Waals surface area (Å²) in [6, 6.07) is 14.2. The van der Waals surface area contributed by atoms with Crippen LogP contribution in [-0.4, -0.2) is 37.2 Å². The molecule has 2 aliphatic rings. The van der Waals surface area contributed by atoms with E-state index in [1.807, 2.05) is 41.3 Å². The summed E-state index contributed by atoms with van der Waals surface area (Å²) in [5, 5.41) is 0.753. The van der Waals surface area contributed by atoms with E-state index in [4.69, 9.17) is 0 Å². The van der Waals surface area contributed by atoms with Crippen molar-refractivity contribution in [1.82, 2.24) is 0 Å². The van der Waals surface area contributed by atoms with Gasteiger partial charge in [0.25, 0.3) is 0 Å². The molecular formula is C18H16BrFN2O2S2. The van der Waals surface area contributed by atoms with Gasteiger partial charge in [-0.05, 0) is 29.8 Å². The molecule has 2 aromatic rings. The van der Waals surface area contributed by atoms with E-state index in [1.165, 1.54) is 17.8 Å². The third-order valence-electron chi connectivity index (χ3n) is 4.51. The van der Waals surface area contributed by atoms with Crippen molar-refractivity contribution in [2.45, 2.75) is 17.8 Å². The first kappa shape index (κ1) is 18.0. The van der Waals surface area contributed by atoms with Crippen LogP contribution in [0.3, 0.4) is 0 Å². The van der Waals surface area contributed by atoms with Crippen LogP contribution in [0.25, 0.3) is 0 Å². The lowest BCUT2D eigenvalue weighted by molar-refractivity contribution is 0.601. The van der Waals surface area contributed by atoms with Crippen LogP contribution < -0.4 is 4.90 Å². The Morgan fingerprint density at radius 2 is 1.96 bits per heavy atom. The molecule has 0 N–H and O–H groups in total. The highest BCUT2D eigenvalue weighted by molar-refractivity contribution is 9.10. The lowest BCUT2D eigenvalue weighted by Gasteiger charge is -2.26. The van der Waals surface area contributed by atoms with Crippen molar-refractivity contribution in [2.24, 2.45) is 4.99 Å². The maximum atomic E-state index is 14.1. The Balaban J connectivity index is 1.61. The lowest BCUT2D eigenvalue weighted by atomic mass is 10.1. The summed E-state index contributed by atoms with van der Waals surface area (Å²) < 4.78 is 38.9. The van der Waals surface area contributed by atoms with Gasteiger partial charge in [0, 0.05) is 15.9 Å². The van der Waals surface area contributed by atoms with Crippen molar-refractivity contribution < 1.29 is 12.8 Å². The average molecular weight is 455 g/mol. The number of hydrogen-bond donors (Lipinski definition) is 0. The number of thioether (sulfide) groups is 1. The number of sulfone groups is 1. The molecule has 2 heterocycles. The van der Waals surface area contributed by atoms with Gasteiger partial charge in [0.1, 0.15) is 5.82 Å². The second-order valence-electron chi connectivity index (χ2n) is 6.35. The van der Waals surface area contributed by atoms with Crippen LogP contribution >= 0.6 is 27.7 Å². The number of aliphatic imine (C=N–C) groups is 1. The standard InChI is InChI=1S/C18H16BrFN2O2S2/c19-13-7-6-12(15(20)8-13)9-25-18-21-16-10-26(23,24)11-17(16)22(18)14-4-2-1-3-5-14/h1-8,16-17H,9-11H2. The number of anilines is 1. The summed E-state index contributed by atoms with van der Waals surface area (Å²) in [6.07, 6.45) is 0. The lowest BCUT2D eigenvalue weighted by Crippen LogP contribution is -2.39. The van der Waals surface area contributed by atoms with Crippen molar-refractivity contribution in [2.75, 3.05) is 16.4 Å². The molecule has 0 aromatic heterocycles. The second-order valence-corrected chi connectivity index (χ2v) is 10.4. The number of rotatable bonds is 3. The summed E-state index contributed by atoms with van der Waals surface area (Å²) in [5.74, 6) is 0.359. The number of para-hydroxylation sites is 1. The van der Waals surface area contributed by atoms with Gasteiger partial charge < -0.3 is 4.90 Å². The molecule has 1 saturated heterocycles. The van der Waals surface area contributed by atoms with Gasteiger partial charge in [0.2, 0.25) is 0 Å². The minimum absolute atomic E-state index is 0.0811. The Hall–Kier alpha value is -1.38. The van der Waals surface area contributed by atoms with Gasteiger partial charge in [0.15, 0.2) is 15.0 Å². The van der Waals surface area contributed by atoms with Crippen LogP contribution in [0.1, 0.15) is 5.56 Å². The summed E-state index contributed by atoms with van der Waals surface area (Å²) >= 11 is 4.70. The SMILES string of the molecule is O=S1(=O)CC2N=C(SCc3ccc(Br)cc3F)N(c3ccccc3)C2C1. The number of halogens is 2. The third kappa shape index (κ3) is 3.54. The molecule has 0 radical (unpaired) electrons. The predicted molar refractivity (Wildman–Crippen MR) is 108 cm³/mol. The van der Waals surface area contributed by atoms with Crippen molar-refractivity contribution in [3.05, 3.63) is 64.4 Å². The van der Waals surface area contributed by atoms with Gasteiger partial charge in [-0.25, -0.2) is 12.8 Å². The Bertz CT molecular complexity index is 966. The summed E-state index contributed by atoms with van der Waals surface area (Å²) in [4.78, 5) is 6.66. The monoisotopic (exact) mass is 454 g/mol. The molecule has 4 nitrogen and oxygen atoms in total. The van der Waals surface area contributed by atoms with Crippen molar-refractivity contribution in [3.63, 3.8) is 0 Å². The van der Waals surface area contributed by atoms with Gasteiger partial charge in [-0.1, -0.05) is 52.0 Å². The van der Waals surface area contributed by atoms with Crippen molar-refractivity contribution in [3.8, 4) is 0 Å². The van der Waals surface area contributed by atoms with E-state index in [0.717, 1.165) is 10.9 Å². The third-order valence-corrected chi connectivity index (χ3v) is 7.72. The van der Waals surface area contributed by atoms with Crippen LogP contribution in [0.4, 0.5) is 10.1 Å². The minimum Gasteiger partial charge on any atom is -0.315 e. The maximum absolute atomic E-state index is 14.1. The maximum Gasteiger partial charge on any atom is 0.164 e. The normalized spacial score (nSPS) is 23.8. The highest BCUT2D eigenvalue weighted by Crippen LogP contribution is 2.36. The Labute approximate surface area is 164 Å². The van der Waals surface area contributed by atoms with E-state index < -0.39 is 9.84 Å². The molecule has 2 unspecified atom stereocenters. The predicted octanol–water partition coefficient (Wildman–Crippen LogP) is 3.86. The first-order valence-electron chi connectivity index (χ1n) is 8.12. The number of benzene rings is 2. The van der Waals surface area contributed by atoms with Gasteiger partial charge in [0.05, 0.1) is 23.6 Å².